The first-order chi connectivity index (χ1) is 11.5. The highest BCUT2D eigenvalue weighted by atomic mass is 79.9. The summed E-state index contributed by atoms with van der Waals surface area (Å²) in [7, 11) is 1.94. The zero-order valence-corrected chi connectivity index (χ0v) is 15.4. The van der Waals surface area contributed by atoms with Gasteiger partial charge in [-0.15, -0.1) is 0 Å². The van der Waals surface area contributed by atoms with Gasteiger partial charge in [0.2, 0.25) is 0 Å². The molecule has 3 rings (SSSR count). The lowest BCUT2D eigenvalue weighted by Gasteiger charge is -2.18. The second-order valence-electron chi connectivity index (χ2n) is 5.63. The first-order valence-corrected chi connectivity index (χ1v) is 8.58. The summed E-state index contributed by atoms with van der Waals surface area (Å²) < 4.78 is 30.5. The van der Waals surface area contributed by atoms with Crippen LogP contribution in [0.4, 0.5) is 8.78 Å². The fourth-order valence-electron chi connectivity index (χ4n) is 2.75. The van der Waals surface area contributed by atoms with Gasteiger partial charge in [0, 0.05) is 11.0 Å². The van der Waals surface area contributed by atoms with E-state index in [-0.39, 0.29) is 4.77 Å². The van der Waals surface area contributed by atoms with Crippen molar-refractivity contribution in [2.24, 2.45) is 0 Å². The van der Waals surface area contributed by atoms with Crippen LogP contribution in [-0.4, -0.2) is 21.1 Å². The second-order valence-corrected chi connectivity index (χ2v) is 6.91. The van der Waals surface area contributed by atoms with Crippen molar-refractivity contribution in [2.45, 2.75) is 19.8 Å². The van der Waals surface area contributed by atoms with Crippen LogP contribution in [-0.2, 0) is 13.2 Å². The van der Waals surface area contributed by atoms with Crippen molar-refractivity contribution in [1.29, 1.82) is 0 Å². The Morgan fingerprint density at radius 3 is 2.33 bits per heavy atom. The molecule has 7 heteroatoms. The Labute approximate surface area is 152 Å². The fraction of sp³-hybridized carbons (Fsp3) is 0.235. The summed E-state index contributed by atoms with van der Waals surface area (Å²) in [6.45, 7) is -1.52. The van der Waals surface area contributed by atoms with Crippen molar-refractivity contribution in [3.8, 4) is 0 Å². The third kappa shape index (κ3) is 3.43. The van der Waals surface area contributed by atoms with E-state index in [1.165, 1.54) is 0 Å². The van der Waals surface area contributed by atoms with Crippen molar-refractivity contribution in [1.82, 2.24) is 14.0 Å². The van der Waals surface area contributed by atoms with Crippen LogP contribution in [0.3, 0.4) is 0 Å². The quantitative estimate of drug-likeness (QED) is 0.520. The highest BCUT2D eigenvalue weighted by Crippen LogP contribution is 2.24. The Morgan fingerprint density at radius 1 is 1.08 bits per heavy atom. The topological polar surface area (TPSA) is 13.1 Å². The van der Waals surface area contributed by atoms with Gasteiger partial charge in [-0.2, -0.15) is 8.78 Å². The van der Waals surface area contributed by atoms with Crippen LogP contribution >= 0.6 is 28.1 Å². The number of nitrogens with zero attached hydrogens (tertiary/aromatic N) is 3. The van der Waals surface area contributed by atoms with Crippen LogP contribution in [0.15, 0.2) is 53.0 Å². The maximum Gasteiger partial charge on any atom is 0.321 e. The van der Waals surface area contributed by atoms with Gasteiger partial charge in [0.05, 0.1) is 17.7 Å². The van der Waals surface area contributed by atoms with Crippen LogP contribution < -0.4 is 0 Å². The van der Waals surface area contributed by atoms with Crippen molar-refractivity contribution in [3.63, 3.8) is 0 Å². The molecule has 0 spiro atoms. The largest absolute Gasteiger partial charge is 0.321 e. The van der Waals surface area contributed by atoms with E-state index in [0.717, 1.165) is 14.6 Å². The summed E-state index contributed by atoms with van der Waals surface area (Å²) in [4.78, 5) is 2.04. The smallest absolute Gasteiger partial charge is 0.303 e. The van der Waals surface area contributed by atoms with Crippen molar-refractivity contribution in [2.75, 3.05) is 7.05 Å². The highest BCUT2D eigenvalue weighted by Gasteiger charge is 2.17. The number of imidazole rings is 1. The predicted molar refractivity (Wildman–Crippen MR) is 97.6 cm³/mol. The minimum Gasteiger partial charge on any atom is -0.303 e. The maximum atomic E-state index is 13.4. The zero-order valence-electron chi connectivity index (χ0n) is 13.0. The van der Waals surface area contributed by atoms with Crippen molar-refractivity contribution in [3.05, 3.63) is 63.3 Å². The molecule has 24 heavy (non-hydrogen) atoms. The summed E-state index contributed by atoms with van der Waals surface area (Å²) in [6.07, 6.45) is 0. The molecule has 0 saturated heterocycles. The number of halogens is 3. The average Bonchev–Trinajstić information content (AvgIpc) is 2.82. The van der Waals surface area contributed by atoms with Gasteiger partial charge in [-0.05, 0) is 49.1 Å². The van der Waals surface area contributed by atoms with E-state index in [1.54, 1.807) is 16.7 Å². The number of hydrogen-bond donors (Lipinski definition) is 0. The van der Waals surface area contributed by atoms with Gasteiger partial charge in [-0.1, -0.05) is 40.2 Å². The summed E-state index contributed by atoms with van der Waals surface area (Å²) in [5.74, 6) is 0. The third-order valence-corrected chi connectivity index (χ3v) is 4.76. The van der Waals surface area contributed by atoms with Crippen LogP contribution in [0.5, 0.6) is 0 Å². The van der Waals surface area contributed by atoms with Crippen LogP contribution in [0.25, 0.3) is 11.0 Å². The molecule has 0 N–H and O–H groups in total. The SMILES string of the molecule is CN(Cc1ccc(Br)cc1)Cn1c(=S)n(C(F)F)c2ccccc21. The number of alkyl halides is 2. The summed E-state index contributed by atoms with van der Waals surface area (Å²) in [5.41, 5.74) is 2.31. The van der Waals surface area contributed by atoms with E-state index in [2.05, 4.69) is 15.9 Å². The Kier molecular flexibility index (Phi) is 5.12. The van der Waals surface area contributed by atoms with Crippen molar-refractivity contribution >= 4 is 39.2 Å². The lowest BCUT2D eigenvalue weighted by molar-refractivity contribution is 0.0717. The lowest BCUT2D eigenvalue weighted by Crippen LogP contribution is -2.22. The molecule has 2 aromatic carbocycles. The molecule has 0 amide bonds. The molecule has 126 valence electrons. The predicted octanol–water partition coefficient (Wildman–Crippen LogP) is 5.42. The van der Waals surface area contributed by atoms with E-state index in [0.29, 0.717) is 24.2 Å². The Balaban J connectivity index is 1.91. The van der Waals surface area contributed by atoms with Crippen LogP contribution in [0.2, 0.25) is 0 Å². The maximum absolute atomic E-state index is 13.4. The molecule has 1 heterocycles. The molecule has 0 fully saturated rings. The summed E-state index contributed by atoms with van der Waals surface area (Å²) >= 11 is 8.70. The number of hydrogen-bond acceptors (Lipinski definition) is 2. The standard InChI is InChI=1S/C17H16BrF2N3S/c1-21(10-12-6-8-13(18)9-7-12)11-22-14-4-2-3-5-15(14)23(16(19)20)17(22)24/h2-9,16H,10-11H2,1H3. The van der Waals surface area contributed by atoms with Gasteiger partial charge >= 0.3 is 6.55 Å². The molecule has 0 aliphatic carbocycles. The zero-order chi connectivity index (χ0) is 17.3. The molecule has 1 aromatic heterocycles. The third-order valence-electron chi connectivity index (χ3n) is 3.81. The molecular weight excluding hydrogens is 396 g/mol. The van der Waals surface area contributed by atoms with Gasteiger partial charge < -0.3 is 4.57 Å². The van der Waals surface area contributed by atoms with E-state index in [1.807, 2.05) is 48.3 Å². The second kappa shape index (κ2) is 7.13. The average molecular weight is 412 g/mol. The van der Waals surface area contributed by atoms with E-state index in [4.69, 9.17) is 12.2 Å². The van der Waals surface area contributed by atoms with E-state index < -0.39 is 6.55 Å². The van der Waals surface area contributed by atoms with Crippen LogP contribution in [0, 0.1) is 4.77 Å². The van der Waals surface area contributed by atoms with Gasteiger partial charge in [0.15, 0.2) is 4.77 Å². The van der Waals surface area contributed by atoms with E-state index in [9.17, 15) is 8.78 Å². The van der Waals surface area contributed by atoms with Gasteiger partial charge in [0.25, 0.3) is 0 Å². The van der Waals surface area contributed by atoms with Gasteiger partial charge in [-0.25, -0.2) is 0 Å². The Hall–Kier alpha value is -1.57. The molecule has 0 saturated carbocycles. The minimum atomic E-state index is -2.65. The molecule has 0 aliphatic heterocycles. The molecule has 0 atom stereocenters. The number of rotatable bonds is 5. The molecule has 0 aliphatic rings. The molecule has 3 nitrogen and oxygen atoms in total. The lowest BCUT2D eigenvalue weighted by atomic mass is 10.2. The normalized spacial score (nSPS) is 11.8. The number of benzene rings is 2. The summed E-state index contributed by atoms with van der Waals surface area (Å²) in [6, 6.07) is 15.1. The number of aromatic nitrogens is 2. The van der Waals surface area contributed by atoms with Gasteiger partial charge in [0.1, 0.15) is 0 Å². The van der Waals surface area contributed by atoms with Gasteiger partial charge in [-0.3, -0.25) is 9.47 Å². The monoisotopic (exact) mass is 411 g/mol. The molecule has 0 bridgehead atoms. The molecular formula is C17H16BrF2N3S. The Bertz CT molecular complexity index is 902. The number of fused-ring (bicyclic) bond motifs is 1. The molecule has 0 unspecified atom stereocenters. The summed E-state index contributed by atoms with van der Waals surface area (Å²) in [5, 5.41) is 0. The fourth-order valence-corrected chi connectivity index (χ4v) is 3.35. The number of para-hydroxylation sites is 2. The van der Waals surface area contributed by atoms with E-state index >= 15 is 0 Å². The first-order valence-electron chi connectivity index (χ1n) is 7.38. The molecule has 3 aromatic rings. The molecule has 0 radical (unpaired) electrons. The van der Waals surface area contributed by atoms with Crippen molar-refractivity contribution < 1.29 is 8.78 Å². The highest BCUT2D eigenvalue weighted by molar-refractivity contribution is 9.10. The first kappa shape index (κ1) is 17.3. The minimum absolute atomic E-state index is 0.133. The Morgan fingerprint density at radius 2 is 1.71 bits per heavy atom. The van der Waals surface area contributed by atoms with Crippen LogP contribution in [0.1, 0.15) is 12.1 Å².